The lowest BCUT2D eigenvalue weighted by atomic mass is 10.2. The average molecular weight is 322 g/mol. The van der Waals surface area contributed by atoms with Gasteiger partial charge in [0.05, 0.1) is 6.54 Å². The number of carbonyl (C=O) groups is 1. The number of rotatable bonds is 6. The number of halogens is 4. The molecule has 0 aliphatic carbocycles. The van der Waals surface area contributed by atoms with Crippen LogP contribution >= 0.6 is 24.8 Å². The molecule has 116 valence electrons. The van der Waals surface area contributed by atoms with Crippen LogP contribution in [-0.2, 0) is 4.79 Å². The van der Waals surface area contributed by atoms with Gasteiger partial charge in [0, 0.05) is 32.6 Å². The van der Waals surface area contributed by atoms with E-state index in [9.17, 15) is 13.6 Å². The molecule has 0 aromatic rings. The van der Waals surface area contributed by atoms with Crippen LogP contribution in [0.15, 0.2) is 0 Å². The van der Waals surface area contributed by atoms with Gasteiger partial charge in [-0.1, -0.05) is 0 Å². The third-order valence-electron chi connectivity index (χ3n) is 2.94. The fraction of sp³-hybridized carbons (Fsp3) is 0.909. The molecule has 0 bridgehead atoms. The molecule has 1 aliphatic rings. The Hall–Kier alpha value is -0.170. The molecule has 1 saturated heterocycles. The highest BCUT2D eigenvalue weighted by Crippen LogP contribution is 2.07. The first-order chi connectivity index (χ1) is 8.13. The normalized spacial score (nSPS) is 15.9. The highest BCUT2D eigenvalue weighted by Gasteiger charge is 2.22. The number of carbonyl (C=O) groups excluding carboxylic acids is 1. The van der Waals surface area contributed by atoms with Crippen LogP contribution in [0.1, 0.15) is 12.8 Å². The van der Waals surface area contributed by atoms with Gasteiger partial charge in [0.1, 0.15) is 0 Å². The van der Waals surface area contributed by atoms with Crippen molar-refractivity contribution in [1.82, 2.24) is 15.1 Å². The van der Waals surface area contributed by atoms with Crippen LogP contribution < -0.4 is 5.32 Å². The molecule has 0 saturated carbocycles. The minimum atomic E-state index is -2.28. The Bertz CT molecular complexity index is 240. The largest absolute Gasteiger partial charge is 0.340 e. The van der Waals surface area contributed by atoms with E-state index in [-0.39, 0.29) is 37.3 Å². The molecule has 1 amide bonds. The Balaban J connectivity index is 0. The molecule has 19 heavy (non-hydrogen) atoms. The van der Waals surface area contributed by atoms with Gasteiger partial charge in [-0.3, -0.25) is 9.69 Å². The molecule has 1 aliphatic heterocycles. The highest BCUT2D eigenvalue weighted by atomic mass is 35.5. The van der Waals surface area contributed by atoms with Crippen molar-refractivity contribution >= 4 is 30.7 Å². The first-order valence-corrected chi connectivity index (χ1v) is 6.06. The minimum Gasteiger partial charge on any atom is -0.340 e. The Morgan fingerprint density at radius 2 is 1.79 bits per heavy atom. The average Bonchev–Trinajstić information content (AvgIpc) is 2.29. The molecule has 1 N–H and O–H groups in total. The molecular formula is C11H23Cl2F2N3O. The standard InChI is InChI=1S/C11H21F2N3O.2ClH/c1-14-4-2-3-11(17)16-7-5-15(6-8-16)9-10(12)13;;/h10,14H,2-9H2,1H3;2*1H. The third-order valence-corrected chi connectivity index (χ3v) is 2.94. The van der Waals surface area contributed by atoms with Crippen LogP contribution in [0.2, 0.25) is 0 Å². The van der Waals surface area contributed by atoms with Gasteiger partial charge in [0.25, 0.3) is 6.43 Å². The van der Waals surface area contributed by atoms with Gasteiger partial charge in [-0.2, -0.15) is 0 Å². The van der Waals surface area contributed by atoms with E-state index in [0.717, 1.165) is 13.0 Å². The molecule has 8 heteroatoms. The predicted octanol–water partition coefficient (Wildman–Crippen LogP) is 1.24. The van der Waals surface area contributed by atoms with Gasteiger partial charge >= 0.3 is 0 Å². The zero-order valence-corrected chi connectivity index (χ0v) is 12.7. The second-order valence-electron chi connectivity index (χ2n) is 4.28. The minimum absolute atomic E-state index is 0. The Labute approximate surface area is 125 Å². The summed E-state index contributed by atoms with van der Waals surface area (Å²) in [6.45, 7) is 2.92. The summed E-state index contributed by atoms with van der Waals surface area (Å²) in [6.07, 6.45) is -0.921. The van der Waals surface area contributed by atoms with Gasteiger partial charge in [0.15, 0.2) is 0 Å². The topological polar surface area (TPSA) is 35.6 Å². The van der Waals surface area contributed by atoms with Crippen molar-refractivity contribution < 1.29 is 13.6 Å². The number of nitrogens with zero attached hydrogens (tertiary/aromatic N) is 2. The fourth-order valence-electron chi connectivity index (χ4n) is 1.95. The zero-order chi connectivity index (χ0) is 12.7. The van der Waals surface area contributed by atoms with Crippen LogP contribution in [0.25, 0.3) is 0 Å². The van der Waals surface area contributed by atoms with Crippen molar-refractivity contribution in [2.24, 2.45) is 0 Å². The number of amides is 1. The molecule has 0 aromatic heterocycles. The number of nitrogens with one attached hydrogen (secondary N) is 1. The Kier molecular flexibility index (Phi) is 12.9. The monoisotopic (exact) mass is 321 g/mol. The van der Waals surface area contributed by atoms with Gasteiger partial charge in [-0.05, 0) is 20.0 Å². The van der Waals surface area contributed by atoms with E-state index in [0.29, 0.717) is 32.6 Å². The number of hydrogen-bond donors (Lipinski definition) is 1. The van der Waals surface area contributed by atoms with E-state index in [1.165, 1.54) is 0 Å². The number of hydrogen-bond acceptors (Lipinski definition) is 3. The van der Waals surface area contributed by atoms with Crippen molar-refractivity contribution in [3.8, 4) is 0 Å². The number of piperazine rings is 1. The molecule has 1 heterocycles. The molecule has 1 fully saturated rings. The molecule has 0 aromatic carbocycles. The third kappa shape index (κ3) is 8.57. The van der Waals surface area contributed by atoms with Gasteiger partial charge < -0.3 is 10.2 Å². The summed E-state index contributed by atoms with van der Waals surface area (Å²) in [5.41, 5.74) is 0. The summed E-state index contributed by atoms with van der Waals surface area (Å²) < 4.78 is 24.3. The van der Waals surface area contributed by atoms with Crippen LogP contribution in [-0.4, -0.2) is 68.4 Å². The van der Waals surface area contributed by atoms with Crippen LogP contribution in [0.3, 0.4) is 0 Å². The summed E-state index contributed by atoms with van der Waals surface area (Å²) in [4.78, 5) is 15.2. The molecule has 0 unspecified atom stereocenters. The summed E-state index contributed by atoms with van der Waals surface area (Å²) in [5, 5.41) is 2.99. The molecule has 1 rings (SSSR count). The summed E-state index contributed by atoms with van der Waals surface area (Å²) in [5.74, 6) is 0.136. The fourth-order valence-corrected chi connectivity index (χ4v) is 1.95. The maximum atomic E-state index is 12.2. The van der Waals surface area contributed by atoms with E-state index in [2.05, 4.69) is 5.32 Å². The molecule has 0 spiro atoms. The van der Waals surface area contributed by atoms with Crippen LogP contribution in [0, 0.1) is 0 Å². The molecule has 0 atom stereocenters. The maximum absolute atomic E-state index is 12.2. The second kappa shape index (κ2) is 11.6. The lowest BCUT2D eigenvalue weighted by molar-refractivity contribution is -0.133. The van der Waals surface area contributed by atoms with Crippen molar-refractivity contribution in [2.75, 3.05) is 46.3 Å². The zero-order valence-electron chi connectivity index (χ0n) is 11.1. The summed E-state index contributed by atoms with van der Waals surface area (Å²) in [7, 11) is 1.85. The maximum Gasteiger partial charge on any atom is 0.251 e. The van der Waals surface area contributed by atoms with E-state index in [1.54, 1.807) is 9.80 Å². The smallest absolute Gasteiger partial charge is 0.251 e. The van der Waals surface area contributed by atoms with Gasteiger partial charge in [-0.25, -0.2) is 8.78 Å². The summed E-state index contributed by atoms with van der Waals surface area (Å²) in [6, 6.07) is 0. The van der Waals surface area contributed by atoms with Gasteiger partial charge in [0.2, 0.25) is 5.91 Å². The molecule has 0 radical (unpaired) electrons. The van der Waals surface area contributed by atoms with E-state index < -0.39 is 6.43 Å². The van der Waals surface area contributed by atoms with E-state index in [1.807, 2.05) is 7.05 Å². The summed E-state index contributed by atoms with van der Waals surface area (Å²) >= 11 is 0. The lowest BCUT2D eigenvalue weighted by Gasteiger charge is -2.34. The van der Waals surface area contributed by atoms with Crippen molar-refractivity contribution in [3.05, 3.63) is 0 Å². The number of alkyl halides is 2. The quantitative estimate of drug-likeness (QED) is 0.748. The Morgan fingerprint density at radius 1 is 1.21 bits per heavy atom. The first-order valence-electron chi connectivity index (χ1n) is 6.06. The van der Waals surface area contributed by atoms with E-state index in [4.69, 9.17) is 0 Å². The van der Waals surface area contributed by atoms with Crippen molar-refractivity contribution in [1.29, 1.82) is 0 Å². The predicted molar refractivity (Wildman–Crippen MR) is 76.7 cm³/mol. The van der Waals surface area contributed by atoms with Crippen molar-refractivity contribution in [3.63, 3.8) is 0 Å². The first kappa shape index (κ1) is 21.1. The van der Waals surface area contributed by atoms with Crippen LogP contribution in [0.4, 0.5) is 8.78 Å². The van der Waals surface area contributed by atoms with Gasteiger partial charge in [-0.15, -0.1) is 24.8 Å². The Morgan fingerprint density at radius 3 is 2.26 bits per heavy atom. The van der Waals surface area contributed by atoms with Crippen LogP contribution in [0.5, 0.6) is 0 Å². The van der Waals surface area contributed by atoms with Crippen molar-refractivity contribution in [2.45, 2.75) is 19.3 Å². The molecule has 4 nitrogen and oxygen atoms in total. The molecular weight excluding hydrogens is 299 g/mol. The van der Waals surface area contributed by atoms with E-state index >= 15 is 0 Å². The SMILES string of the molecule is CNCCCC(=O)N1CCN(CC(F)F)CC1.Cl.Cl. The highest BCUT2D eigenvalue weighted by molar-refractivity contribution is 5.85. The lowest BCUT2D eigenvalue weighted by Crippen LogP contribution is -2.49. The second-order valence-corrected chi connectivity index (χ2v) is 4.28.